The Labute approximate surface area is 122 Å². The van der Waals surface area contributed by atoms with E-state index in [1.54, 1.807) is 30.3 Å². The molecule has 2 rings (SSSR count). The third-order valence-corrected chi connectivity index (χ3v) is 2.82. The summed E-state index contributed by atoms with van der Waals surface area (Å²) >= 11 is 0. The van der Waals surface area contributed by atoms with Crippen molar-refractivity contribution in [1.82, 2.24) is 0 Å². The number of halogens is 1. The Hall–Kier alpha value is -2.56. The second kappa shape index (κ2) is 6.74. The first-order chi connectivity index (χ1) is 10.1. The highest BCUT2D eigenvalue weighted by molar-refractivity contribution is 5.97. The van der Waals surface area contributed by atoms with Gasteiger partial charge in [-0.1, -0.05) is 6.92 Å². The summed E-state index contributed by atoms with van der Waals surface area (Å²) in [6, 6.07) is 10.8. The number of hydrogen-bond acceptors (Lipinski definition) is 4. The molecule has 0 heterocycles. The smallest absolute Gasteiger partial charge is 0.340 e. The van der Waals surface area contributed by atoms with Gasteiger partial charge in [0.1, 0.15) is 5.82 Å². The molecule has 0 aliphatic heterocycles. The van der Waals surface area contributed by atoms with Crippen LogP contribution >= 0.6 is 0 Å². The fraction of sp³-hybridized carbons (Fsp3) is 0.188. The van der Waals surface area contributed by atoms with Crippen LogP contribution in [-0.2, 0) is 4.74 Å². The van der Waals surface area contributed by atoms with Crippen molar-refractivity contribution in [2.45, 2.75) is 13.3 Å². The Balaban J connectivity index is 2.26. The van der Waals surface area contributed by atoms with E-state index in [1.165, 1.54) is 12.1 Å². The van der Waals surface area contributed by atoms with E-state index in [2.05, 4.69) is 5.32 Å². The van der Waals surface area contributed by atoms with Gasteiger partial charge in [0.2, 0.25) is 0 Å². The van der Waals surface area contributed by atoms with E-state index in [1.807, 2.05) is 6.92 Å². The van der Waals surface area contributed by atoms with Gasteiger partial charge in [-0.15, -0.1) is 0 Å². The Morgan fingerprint density at radius 3 is 2.62 bits per heavy atom. The average molecular weight is 288 g/mol. The molecule has 3 N–H and O–H groups in total. The minimum absolute atomic E-state index is 0.319. The molecule has 0 spiro atoms. The highest BCUT2D eigenvalue weighted by Crippen LogP contribution is 2.24. The summed E-state index contributed by atoms with van der Waals surface area (Å²) in [4.78, 5) is 12.0. The van der Waals surface area contributed by atoms with Gasteiger partial charge in [0.05, 0.1) is 17.9 Å². The monoisotopic (exact) mass is 288 g/mol. The highest BCUT2D eigenvalue weighted by atomic mass is 19.1. The molecular weight excluding hydrogens is 271 g/mol. The molecule has 0 saturated heterocycles. The maximum absolute atomic E-state index is 12.9. The number of anilines is 3. The van der Waals surface area contributed by atoms with Crippen LogP contribution in [0.1, 0.15) is 23.7 Å². The first-order valence-electron chi connectivity index (χ1n) is 6.69. The molecule has 0 fully saturated rings. The molecular formula is C16H17FN2O2. The van der Waals surface area contributed by atoms with Gasteiger partial charge in [0.15, 0.2) is 0 Å². The average Bonchev–Trinajstić information content (AvgIpc) is 2.49. The van der Waals surface area contributed by atoms with E-state index in [4.69, 9.17) is 10.5 Å². The van der Waals surface area contributed by atoms with Crippen molar-refractivity contribution in [3.8, 4) is 0 Å². The number of esters is 1. The molecule has 0 radical (unpaired) electrons. The Kier molecular flexibility index (Phi) is 4.77. The van der Waals surface area contributed by atoms with Crippen molar-refractivity contribution < 1.29 is 13.9 Å². The first kappa shape index (κ1) is 14.8. The van der Waals surface area contributed by atoms with Gasteiger partial charge in [-0.2, -0.15) is 0 Å². The van der Waals surface area contributed by atoms with Crippen molar-refractivity contribution >= 4 is 23.0 Å². The third kappa shape index (κ3) is 3.95. The second-order valence-electron chi connectivity index (χ2n) is 4.57. The zero-order valence-corrected chi connectivity index (χ0v) is 11.7. The normalized spacial score (nSPS) is 10.2. The van der Waals surface area contributed by atoms with Crippen molar-refractivity contribution in [2.24, 2.45) is 0 Å². The molecule has 2 aromatic carbocycles. The number of nitrogens with one attached hydrogen (secondary N) is 1. The van der Waals surface area contributed by atoms with Crippen LogP contribution in [0.2, 0.25) is 0 Å². The molecule has 0 unspecified atom stereocenters. The van der Waals surface area contributed by atoms with Crippen molar-refractivity contribution in [2.75, 3.05) is 17.7 Å². The molecule has 0 aliphatic carbocycles. The number of benzene rings is 2. The SMILES string of the molecule is CCCOC(=O)c1cc(N)ccc1Nc1ccc(F)cc1. The lowest BCUT2D eigenvalue weighted by Gasteiger charge is -2.12. The van der Waals surface area contributed by atoms with Crippen molar-refractivity contribution in [3.05, 3.63) is 53.8 Å². The lowest BCUT2D eigenvalue weighted by Crippen LogP contribution is -2.09. The van der Waals surface area contributed by atoms with E-state index in [9.17, 15) is 9.18 Å². The summed E-state index contributed by atoms with van der Waals surface area (Å²) in [5, 5.41) is 3.06. The summed E-state index contributed by atoms with van der Waals surface area (Å²) in [6.45, 7) is 2.27. The summed E-state index contributed by atoms with van der Waals surface area (Å²) in [5.41, 5.74) is 7.79. The van der Waals surface area contributed by atoms with Crippen LogP contribution in [0.25, 0.3) is 0 Å². The molecule has 110 valence electrons. The number of carbonyl (C=O) groups is 1. The van der Waals surface area contributed by atoms with Crippen LogP contribution in [0.5, 0.6) is 0 Å². The number of rotatable bonds is 5. The van der Waals surface area contributed by atoms with Crippen molar-refractivity contribution in [1.29, 1.82) is 0 Å². The predicted molar refractivity (Wildman–Crippen MR) is 81.1 cm³/mol. The van der Waals surface area contributed by atoms with E-state index >= 15 is 0 Å². The van der Waals surface area contributed by atoms with Gasteiger partial charge in [-0.3, -0.25) is 0 Å². The minimum atomic E-state index is -0.436. The zero-order valence-electron chi connectivity index (χ0n) is 11.7. The van der Waals surface area contributed by atoms with Gasteiger partial charge in [-0.25, -0.2) is 9.18 Å². The molecule has 2 aromatic rings. The van der Waals surface area contributed by atoms with Gasteiger partial charge in [0.25, 0.3) is 0 Å². The van der Waals surface area contributed by atoms with E-state index in [-0.39, 0.29) is 5.82 Å². The van der Waals surface area contributed by atoms with Crippen LogP contribution in [0.15, 0.2) is 42.5 Å². The van der Waals surface area contributed by atoms with E-state index < -0.39 is 5.97 Å². The highest BCUT2D eigenvalue weighted by Gasteiger charge is 2.13. The van der Waals surface area contributed by atoms with Gasteiger partial charge < -0.3 is 15.8 Å². The Bertz CT molecular complexity index is 627. The summed E-state index contributed by atoms with van der Waals surface area (Å²) in [7, 11) is 0. The number of nitrogen functional groups attached to an aromatic ring is 1. The maximum atomic E-state index is 12.9. The Morgan fingerprint density at radius 2 is 1.95 bits per heavy atom. The second-order valence-corrected chi connectivity index (χ2v) is 4.57. The molecule has 4 nitrogen and oxygen atoms in total. The van der Waals surface area contributed by atoms with Crippen molar-refractivity contribution in [3.63, 3.8) is 0 Å². The number of ether oxygens (including phenoxy) is 1. The third-order valence-electron chi connectivity index (χ3n) is 2.82. The van der Waals surface area contributed by atoms with Gasteiger partial charge >= 0.3 is 5.97 Å². The molecule has 0 aromatic heterocycles. The summed E-state index contributed by atoms with van der Waals surface area (Å²) in [5.74, 6) is -0.755. The van der Waals surface area contributed by atoms with Gasteiger partial charge in [-0.05, 0) is 48.9 Å². The fourth-order valence-corrected chi connectivity index (χ4v) is 1.80. The van der Waals surface area contributed by atoms with E-state index in [0.717, 1.165) is 6.42 Å². The number of nitrogens with two attached hydrogens (primary N) is 1. The Morgan fingerprint density at radius 1 is 1.24 bits per heavy atom. The molecule has 0 saturated carbocycles. The summed E-state index contributed by atoms with van der Waals surface area (Å²) < 4.78 is 18.0. The molecule has 0 bridgehead atoms. The lowest BCUT2D eigenvalue weighted by atomic mass is 10.1. The van der Waals surface area contributed by atoms with E-state index in [0.29, 0.717) is 29.2 Å². The molecule has 0 amide bonds. The molecule has 0 atom stereocenters. The van der Waals surface area contributed by atoms with Crippen LogP contribution in [0.3, 0.4) is 0 Å². The summed E-state index contributed by atoms with van der Waals surface area (Å²) in [6.07, 6.45) is 0.745. The first-order valence-corrected chi connectivity index (χ1v) is 6.69. The van der Waals surface area contributed by atoms with Crippen LogP contribution in [-0.4, -0.2) is 12.6 Å². The fourth-order valence-electron chi connectivity index (χ4n) is 1.80. The predicted octanol–water partition coefficient (Wildman–Crippen LogP) is 3.72. The van der Waals surface area contributed by atoms with Gasteiger partial charge in [0, 0.05) is 11.4 Å². The number of hydrogen-bond donors (Lipinski definition) is 2. The zero-order chi connectivity index (χ0) is 15.2. The van der Waals surface area contributed by atoms with Crippen LogP contribution in [0.4, 0.5) is 21.5 Å². The number of carbonyl (C=O) groups excluding carboxylic acids is 1. The van der Waals surface area contributed by atoms with Crippen LogP contribution < -0.4 is 11.1 Å². The quantitative estimate of drug-likeness (QED) is 0.650. The molecule has 5 heteroatoms. The van der Waals surface area contributed by atoms with Crippen LogP contribution in [0, 0.1) is 5.82 Å². The maximum Gasteiger partial charge on any atom is 0.340 e. The molecule has 0 aliphatic rings. The lowest BCUT2D eigenvalue weighted by molar-refractivity contribution is 0.0506. The topological polar surface area (TPSA) is 64.3 Å². The standard InChI is InChI=1S/C16H17FN2O2/c1-2-9-21-16(20)14-10-12(18)5-8-15(14)19-13-6-3-11(17)4-7-13/h3-8,10,19H,2,9,18H2,1H3. The largest absolute Gasteiger partial charge is 0.462 e. The minimum Gasteiger partial charge on any atom is -0.462 e. The molecule has 21 heavy (non-hydrogen) atoms.